The SMILES string of the molecule is OC1[CH]OC2OCCC12. The third-order valence-corrected chi connectivity index (χ3v) is 1.87. The molecule has 1 radical (unpaired) electrons. The van der Waals surface area contributed by atoms with E-state index in [1.54, 1.807) is 0 Å². The fourth-order valence-corrected chi connectivity index (χ4v) is 1.31. The highest BCUT2D eigenvalue weighted by Gasteiger charge is 2.40. The molecule has 51 valence electrons. The Hall–Kier alpha value is -0.120. The Morgan fingerprint density at radius 1 is 1.56 bits per heavy atom. The molecule has 2 aliphatic rings. The van der Waals surface area contributed by atoms with Gasteiger partial charge in [0.15, 0.2) is 6.29 Å². The summed E-state index contributed by atoms with van der Waals surface area (Å²) in [5, 5.41) is 9.14. The molecule has 9 heavy (non-hydrogen) atoms. The number of aliphatic hydroxyl groups is 1. The molecular formula is C6H9O3. The molecule has 2 saturated heterocycles. The fraction of sp³-hybridized carbons (Fsp3) is 0.833. The predicted octanol–water partition coefficient (Wildman–Crippen LogP) is -0.0981. The Bertz CT molecular complexity index is 115. The second-order valence-electron chi connectivity index (χ2n) is 2.45. The average molecular weight is 129 g/mol. The number of ether oxygens (including phenoxy) is 2. The monoisotopic (exact) mass is 129 g/mol. The minimum absolute atomic E-state index is 0.153. The molecule has 0 aliphatic carbocycles. The van der Waals surface area contributed by atoms with Gasteiger partial charge in [-0.15, -0.1) is 0 Å². The maximum Gasteiger partial charge on any atom is 0.163 e. The quantitative estimate of drug-likeness (QED) is 0.496. The molecule has 0 aromatic heterocycles. The molecule has 2 rings (SSSR count). The van der Waals surface area contributed by atoms with Gasteiger partial charge >= 0.3 is 0 Å². The maximum absolute atomic E-state index is 9.14. The Morgan fingerprint density at radius 2 is 2.44 bits per heavy atom. The van der Waals surface area contributed by atoms with Crippen molar-refractivity contribution in [2.45, 2.75) is 18.8 Å². The summed E-state index contributed by atoms with van der Waals surface area (Å²) in [5.74, 6) is 0.199. The van der Waals surface area contributed by atoms with Gasteiger partial charge in [0.1, 0.15) is 6.61 Å². The topological polar surface area (TPSA) is 38.7 Å². The number of rotatable bonds is 0. The van der Waals surface area contributed by atoms with Crippen molar-refractivity contribution in [3.63, 3.8) is 0 Å². The van der Waals surface area contributed by atoms with E-state index in [0.29, 0.717) is 0 Å². The van der Waals surface area contributed by atoms with E-state index in [-0.39, 0.29) is 12.2 Å². The standard InChI is InChI=1S/C6H9O3/c7-5-3-9-6-4(5)1-2-8-6/h3-7H,1-2H2. The van der Waals surface area contributed by atoms with E-state index in [9.17, 15) is 0 Å². The summed E-state index contributed by atoms with van der Waals surface area (Å²) in [6.07, 6.45) is 0.361. The fourth-order valence-electron chi connectivity index (χ4n) is 1.31. The summed E-state index contributed by atoms with van der Waals surface area (Å²) in [5.41, 5.74) is 0. The second kappa shape index (κ2) is 1.94. The zero-order chi connectivity index (χ0) is 6.27. The van der Waals surface area contributed by atoms with Crippen LogP contribution in [-0.2, 0) is 9.47 Å². The third-order valence-electron chi connectivity index (χ3n) is 1.87. The van der Waals surface area contributed by atoms with Crippen LogP contribution in [0.4, 0.5) is 0 Å². The molecular weight excluding hydrogens is 120 g/mol. The molecule has 3 heteroatoms. The van der Waals surface area contributed by atoms with E-state index < -0.39 is 6.10 Å². The molecule has 3 atom stereocenters. The van der Waals surface area contributed by atoms with Gasteiger partial charge in [-0.1, -0.05) is 0 Å². The average Bonchev–Trinajstić information content (AvgIpc) is 2.35. The van der Waals surface area contributed by atoms with E-state index in [0.717, 1.165) is 13.0 Å². The minimum Gasteiger partial charge on any atom is -0.390 e. The van der Waals surface area contributed by atoms with Gasteiger partial charge in [0.25, 0.3) is 0 Å². The van der Waals surface area contributed by atoms with E-state index in [2.05, 4.69) is 0 Å². The minimum atomic E-state index is -0.405. The highest BCUT2D eigenvalue weighted by Crippen LogP contribution is 2.32. The van der Waals surface area contributed by atoms with Gasteiger partial charge in [-0.3, -0.25) is 0 Å². The Labute approximate surface area is 53.6 Å². The van der Waals surface area contributed by atoms with Crippen LogP contribution in [0.3, 0.4) is 0 Å². The van der Waals surface area contributed by atoms with Crippen molar-refractivity contribution in [3.8, 4) is 0 Å². The number of hydrogen-bond donors (Lipinski definition) is 1. The van der Waals surface area contributed by atoms with Gasteiger partial charge in [-0.05, 0) is 6.42 Å². The summed E-state index contributed by atoms with van der Waals surface area (Å²) < 4.78 is 10.1. The Morgan fingerprint density at radius 3 is 3.22 bits per heavy atom. The molecule has 0 aromatic rings. The van der Waals surface area contributed by atoms with Crippen LogP contribution in [0.5, 0.6) is 0 Å². The lowest BCUT2D eigenvalue weighted by Crippen LogP contribution is -2.17. The Balaban J connectivity index is 2.07. The van der Waals surface area contributed by atoms with Crippen molar-refractivity contribution in [2.24, 2.45) is 5.92 Å². The van der Waals surface area contributed by atoms with Crippen LogP contribution in [0.25, 0.3) is 0 Å². The molecule has 0 spiro atoms. The zero-order valence-electron chi connectivity index (χ0n) is 4.99. The summed E-state index contributed by atoms with van der Waals surface area (Å²) in [4.78, 5) is 0. The van der Waals surface area contributed by atoms with Gasteiger partial charge < -0.3 is 14.6 Å². The summed E-state index contributed by atoms with van der Waals surface area (Å²) in [6, 6.07) is 0. The van der Waals surface area contributed by atoms with Crippen molar-refractivity contribution < 1.29 is 14.6 Å². The van der Waals surface area contributed by atoms with Crippen LogP contribution < -0.4 is 0 Å². The molecule has 0 saturated carbocycles. The van der Waals surface area contributed by atoms with Gasteiger partial charge in [-0.2, -0.15) is 0 Å². The predicted molar refractivity (Wildman–Crippen MR) is 29.2 cm³/mol. The van der Waals surface area contributed by atoms with E-state index in [4.69, 9.17) is 14.6 Å². The van der Waals surface area contributed by atoms with Gasteiger partial charge in [0, 0.05) is 5.92 Å². The number of aliphatic hydroxyl groups excluding tert-OH is 1. The molecule has 0 amide bonds. The molecule has 0 bridgehead atoms. The van der Waals surface area contributed by atoms with Crippen LogP contribution in [0.2, 0.25) is 0 Å². The first-order chi connectivity index (χ1) is 4.38. The van der Waals surface area contributed by atoms with Crippen molar-refractivity contribution >= 4 is 0 Å². The molecule has 2 fully saturated rings. The summed E-state index contributed by atoms with van der Waals surface area (Å²) in [7, 11) is 0. The van der Waals surface area contributed by atoms with Crippen molar-refractivity contribution in [1.82, 2.24) is 0 Å². The van der Waals surface area contributed by atoms with Gasteiger partial charge in [0.05, 0.1) is 12.7 Å². The lowest BCUT2D eigenvalue weighted by atomic mass is 10.0. The lowest BCUT2D eigenvalue weighted by Gasteiger charge is -2.06. The first-order valence-corrected chi connectivity index (χ1v) is 3.16. The third kappa shape index (κ3) is 0.764. The summed E-state index contributed by atoms with van der Waals surface area (Å²) in [6.45, 7) is 2.18. The normalized spacial score (nSPS) is 49.7. The Kier molecular flexibility index (Phi) is 1.22. The van der Waals surface area contributed by atoms with Crippen LogP contribution in [0.1, 0.15) is 6.42 Å². The molecule has 2 aliphatic heterocycles. The highest BCUT2D eigenvalue weighted by atomic mass is 16.7. The zero-order valence-corrected chi connectivity index (χ0v) is 4.99. The first kappa shape index (κ1) is 5.65. The van der Waals surface area contributed by atoms with Crippen molar-refractivity contribution in [3.05, 3.63) is 6.61 Å². The molecule has 1 N–H and O–H groups in total. The van der Waals surface area contributed by atoms with Crippen LogP contribution >= 0.6 is 0 Å². The van der Waals surface area contributed by atoms with Crippen molar-refractivity contribution in [2.75, 3.05) is 6.61 Å². The highest BCUT2D eigenvalue weighted by molar-refractivity contribution is 4.88. The largest absolute Gasteiger partial charge is 0.390 e. The first-order valence-electron chi connectivity index (χ1n) is 3.16. The maximum atomic E-state index is 9.14. The van der Waals surface area contributed by atoms with Gasteiger partial charge in [0.2, 0.25) is 0 Å². The number of fused-ring (bicyclic) bond motifs is 1. The molecule has 2 heterocycles. The van der Waals surface area contributed by atoms with Crippen LogP contribution in [-0.4, -0.2) is 24.1 Å². The lowest BCUT2D eigenvalue weighted by molar-refractivity contribution is -0.0741. The second-order valence-corrected chi connectivity index (χ2v) is 2.45. The summed E-state index contributed by atoms with van der Waals surface area (Å²) >= 11 is 0. The molecule has 3 nitrogen and oxygen atoms in total. The van der Waals surface area contributed by atoms with E-state index in [1.807, 2.05) is 0 Å². The van der Waals surface area contributed by atoms with E-state index >= 15 is 0 Å². The smallest absolute Gasteiger partial charge is 0.163 e. The van der Waals surface area contributed by atoms with E-state index in [1.165, 1.54) is 6.61 Å². The molecule has 0 aromatic carbocycles. The van der Waals surface area contributed by atoms with Crippen LogP contribution in [0.15, 0.2) is 0 Å². The van der Waals surface area contributed by atoms with Crippen molar-refractivity contribution in [1.29, 1.82) is 0 Å². The number of hydrogen-bond acceptors (Lipinski definition) is 3. The van der Waals surface area contributed by atoms with Gasteiger partial charge in [-0.25, -0.2) is 0 Å². The van der Waals surface area contributed by atoms with Crippen LogP contribution in [0, 0.1) is 12.5 Å². The molecule has 3 unspecified atom stereocenters.